The molecule has 0 unspecified atom stereocenters. The van der Waals surface area contributed by atoms with Crippen LogP contribution >= 0.6 is 0 Å². The first-order valence-electron chi connectivity index (χ1n) is 7.87. The maximum atomic E-state index is 12.7. The number of carbonyl (C=O) groups excluding carboxylic acids is 1. The Bertz CT molecular complexity index is 804. The second-order valence-electron chi connectivity index (χ2n) is 6.01. The fourth-order valence-electron chi connectivity index (χ4n) is 3.21. The van der Waals surface area contributed by atoms with Gasteiger partial charge in [0.25, 0.3) is 5.69 Å². The quantitative estimate of drug-likeness (QED) is 0.691. The topological polar surface area (TPSA) is 75.5 Å². The molecule has 0 fully saturated rings. The van der Waals surface area contributed by atoms with Crippen LogP contribution in [0.25, 0.3) is 0 Å². The summed E-state index contributed by atoms with van der Waals surface area (Å²) in [7, 11) is 0. The van der Waals surface area contributed by atoms with Gasteiger partial charge >= 0.3 is 0 Å². The Morgan fingerprint density at radius 1 is 1.29 bits per heavy atom. The summed E-state index contributed by atoms with van der Waals surface area (Å²) in [4.78, 5) is 25.0. The first-order chi connectivity index (χ1) is 11.5. The van der Waals surface area contributed by atoms with Crippen molar-refractivity contribution in [1.29, 1.82) is 0 Å². The molecular formula is C18H19N3O3. The van der Waals surface area contributed by atoms with Crippen molar-refractivity contribution in [1.82, 2.24) is 0 Å². The Balaban J connectivity index is 1.75. The molecule has 1 amide bonds. The zero-order chi connectivity index (χ0) is 17.3. The predicted molar refractivity (Wildman–Crippen MR) is 93.4 cm³/mol. The Labute approximate surface area is 140 Å². The van der Waals surface area contributed by atoms with E-state index in [9.17, 15) is 14.9 Å². The van der Waals surface area contributed by atoms with E-state index in [1.807, 2.05) is 31.2 Å². The van der Waals surface area contributed by atoms with Crippen molar-refractivity contribution in [3.63, 3.8) is 0 Å². The SMILES string of the molecule is Cc1c(NCC(=O)N2c3ccccc3C[C@H]2C)cccc1[N+](=O)[O-]. The molecule has 0 radical (unpaired) electrons. The molecule has 0 aliphatic carbocycles. The Hall–Kier alpha value is -2.89. The van der Waals surface area contributed by atoms with Crippen LogP contribution in [0.1, 0.15) is 18.1 Å². The Morgan fingerprint density at radius 2 is 2.04 bits per heavy atom. The average molecular weight is 325 g/mol. The van der Waals surface area contributed by atoms with Gasteiger partial charge < -0.3 is 10.2 Å². The second-order valence-corrected chi connectivity index (χ2v) is 6.01. The highest BCUT2D eigenvalue weighted by Crippen LogP contribution is 2.32. The van der Waals surface area contributed by atoms with Crippen LogP contribution in [0.5, 0.6) is 0 Å². The minimum absolute atomic E-state index is 0.0432. The number of nitrogens with one attached hydrogen (secondary N) is 1. The molecule has 6 nitrogen and oxygen atoms in total. The number of carbonyl (C=O) groups is 1. The van der Waals surface area contributed by atoms with E-state index in [0.717, 1.165) is 12.1 Å². The lowest BCUT2D eigenvalue weighted by Crippen LogP contribution is -2.39. The fourth-order valence-corrected chi connectivity index (χ4v) is 3.21. The highest BCUT2D eigenvalue weighted by Gasteiger charge is 2.30. The van der Waals surface area contributed by atoms with Gasteiger partial charge in [-0.3, -0.25) is 14.9 Å². The van der Waals surface area contributed by atoms with E-state index in [1.165, 1.54) is 11.6 Å². The lowest BCUT2D eigenvalue weighted by Gasteiger charge is -2.23. The van der Waals surface area contributed by atoms with Crippen LogP contribution in [-0.4, -0.2) is 23.4 Å². The molecular weight excluding hydrogens is 306 g/mol. The molecule has 2 aromatic rings. The molecule has 1 N–H and O–H groups in total. The normalized spacial score (nSPS) is 15.9. The first-order valence-corrected chi connectivity index (χ1v) is 7.87. The van der Waals surface area contributed by atoms with Gasteiger partial charge in [0.05, 0.1) is 11.5 Å². The molecule has 3 rings (SSSR count). The number of nitro benzene ring substituents is 1. The fraction of sp³-hybridized carbons (Fsp3) is 0.278. The maximum Gasteiger partial charge on any atom is 0.274 e. The molecule has 24 heavy (non-hydrogen) atoms. The summed E-state index contributed by atoms with van der Waals surface area (Å²) in [6, 6.07) is 12.8. The van der Waals surface area contributed by atoms with Crippen molar-refractivity contribution in [3.8, 4) is 0 Å². The summed E-state index contributed by atoms with van der Waals surface area (Å²) in [6.45, 7) is 3.80. The third kappa shape index (κ3) is 2.82. The lowest BCUT2D eigenvalue weighted by molar-refractivity contribution is -0.385. The number of amides is 1. The Morgan fingerprint density at radius 3 is 2.79 bits per heavy atom. The monoisotopic (exact) mass is 325 g/mol. The summed E-state index contributed by atoms with van der Waals surface area (Å²) in [5.41, 5.74) is 3.31. The van der Waals surface area contributed by atoms with Crippen molar-refractivity contribution in [2.75, 3.05) is 16.8 Å². The average Bonchev–Trinajstić information content (AvgIpc) is 2.89. The second kappa shape index (κ2) is 6.31. The van der Waals surface area contributed by atoms with Crippen molar-refractivity contribution < 1.29 is 9.72 Å². The van der Waals surface area contributed by atoms with Crippen molar-refractivity contribution in [2.24, 2.45) is 0 Å². The van der Waals surface area contributed by atoms with Crippen LogP contribution in [0.3, 0.4) is 0 Å². The van der Waals surface area contributed by atoms with Gasteiger partial charge in [-0.25, -0.2) is 0 Å². The van der Waals surface area contributed by atoms with Gasteiger partial charge in [-0.2, -0.15) is 0 Å². The maximum absolute atomic E-state index is 12.7. The molecule has 124 valence electrons. The van der Waals surface area contributed by atoms with Crippen molar-refractivity contribution >= 4 is 23.0 Å². The third-order valence-corrected chi connectivity index (χ3v) is 4.41. The molecule has 0 bridgehead atoms. The van der Waals surface area contributed by atoms with Gasteiger partial charge in [0.2, 0.25) is 5.91 Å². The number of nitrogens with zero attached hydrogens (tertiary/aromatic N) is 2. The molecule has 1 atom stereocenters. The highest BCUT2D eigenvalue weighted by molar-refractivity contribution is 5.98. The molecule has 0 saturated heterocycles. The summed E-state index contributed by atoms with van der Waals surface area (Å²) < 4.78 is 0. The number of para-hydroxylation sites is 1. The van der Waals surface area contributed by atoms with E-state index < -0.39 is 4.92 Å². The van der Waals surface area contributed by atoms with Crippen molar-refractivity contribution in [2.45, 2.75) is 26.3 Å². The smallest absolute Gasteiger partial charge is 0.274 e. The largest absolute Gasteiger partial charge is 0.376 e. The predicted octanol–water partition coefficient (Wildman–Crippen LogP) is 3.29. The number of nitro groups is 1. The standard InChI is InChI=1S/C18H19N3O3/c1-12-10-14-6-3-4-8-17(14)20(12)18(22)11-19-15-7-5-9-16(13(15)2)21(23)24/h3-9,12,19H,10-11H2,1-2H3/t12-/m1/s1. The summed E-state index contributed by atoms with van der Waals surface area (Å²) in [5.74, 6) is -0.0432. The van der Waals surface area contributed by atoms with Gasteiger partial charge in [0.15, 0.2) is 0 Å². The van der Waals surface area contributed by atoms with Crippen LogP contribution in [0.15, 0.2) is 42.5 Å². The zero-order valence-corrected chi connectivity index (χ0v) is 13.7. The minimum atomic E-state index is -0.416. The summed E-state index contributed by atoms with van der Waals surface area (Å²) >= 11 is 0. The molecule has 1 aliphatic rings. The van der Waals surface area contributed by atoms with Crippen molar-refractivity contribution in [3.05, 3.63) is 63.7 Å². The van der Waals surface area contributed by atoms with Crippen LogP contribution in [-0.2, 0) is 11.2 Å². The summed E-state index contributed by atoms with van der Waals surface area (Å²) in [6.07, 6.45) is 0.845. The van der Waals surface area contributed by atoms with Crippen LogP contribution in [0.4, 0.5) is 17.1 Å². The number of anilines is 2. The number of rotatable bonds is 4. The molecule has 1 heterocycles. The molecule has 0 aromatic heterocycles. The van der Waals surface area contributed by atoms with E-state index >= 15 is 0 Å². The zero-order valence-electron chi connectivity index (χ0n) is 13.7. The first kappa shape index (κ1) is 16.0. The van der Waals surface area contributed by atoms with Gasteiger partial charge in [-0.1, -0.05) is 24.3 Å². The van der Waals surface area contributed by atoms with Gasteiger partial charge in [-0.05, 0) is 38.0 Å². The number of fused-ring (bicyclic) bond motifs is 1. The van der Waals surface area contributed by atoms with Gasteiger partial charge in [-0.15, -0.1) is 0 Å². The lowest BCUT2D eigenvalue weighted by atomic mass is 10.1. The van der Waals surface area contributed by atoms with E-state index in [2.05, 4.69) is 5.32 Å². The van der Waals surface area contributed by atoms with Gasteiger partial charge in [0.1, 0.15) is 0 Å². The van der Waals surface area contributed by atoms with E-state index in [4.69, 9.17) is 0 Å². The van der Waals surface area contributed by atoms with Gasteiger partial charge in [0, 0.05) is 29.0 Å². The number of hydrogen-bond donors (Lipinski definition) is 1. The molecule has 1 aliphatic heterocycles. The summed E-state index contributed by atoms with van der Waals surface area (Å²) in [5, 5.41) is 14.0. The van der Waals surface area contributed by atoms with E-state index in [-0.39, 0.29) is 24.2 Å². The third-order valence-electron chi connectivity index (χ3n) is 4.41. The molecule has 6 heteroatoms. The molecule has 0 spiro atoms. The van der Waals surface area contributed by atoms with E-state index in [1.54, 1.807) is 24.0 Å². The van der Waals surface area contributed by atoms with Crippen LogP contribution in [0.2, 0.25) is 0 Å². The van der Waals surface area contributed by atoms with Crippen LogP contribution < -0.4 is 10.2 Å². The Kier molecular flexibility index (Phi) is 4.20. The number of hydrogen-bond acceptors (Lipinski definition) is 4. The van der Waals surface area contributed by atoms with Crippen LogP contribution in [0, 0.1) is 17.0 Å². The molecule has 0 saturated carbocycles. The highest BCUT2D eigenvalue weighted by atomic mass is 16.6. The minimum Gasteiger partial charge on any atom is -0.376 e. The molecule has 2 aromatic carbocycles. The number of benzene rings is 2. The van der Waals surface area contributed by atoms with E-state index in [0.29, 0.717) is 11.3 Å².